The van der Waals surface area contributed by atoms with Gasteiger partial charge in [0.15, 0.2) is 0 Å². The molecule has 1 aliphatic carbocycles. The Morgan fingerprint density at radius 1 is 1.25 bits per heavy atom. The minimum Gasteiger partial charge on any atom is -0.494 e. The summed E-state index contributed by atoms with van der Waals surface area (Å²) in [6.07, 6.45) is 6.70. The molecule has 3 nitrogen and oxygen atoms in total. The van der Waals surface area contributed by atoms with E-state index < -0.39 is 0 Å². The standard InChI is InChI=1S/C17H24N2O/c1-19(14-16-5-2-3-6-16)11-4-12-20-17-9-7-15(13-18)8-10-17/h7-10,16H,2-6,11-12,14H2,1H3. The summed E-state index contributed by atoms with van der Waals surface area (Å²) in [5, 5.41) is 8.72. The second kappa shape index (κ2) is 7.91. The van der Waals surface area contributed by atoms with Crippen molar-refractivity contribution in [2.75, 3.05) is 26.7 Å². The molecule has 0 amide bonds. The molecule has 0 unspecified atom stereocenters. The van der Waals surface area contributed by atoms with Crippen LogP contribution in [-0.2, 0) is 0 Å². The van der Waals surface area contributed by atoms with Crippen molar-refractivity contribution in [3.8, 4) is 11.8 Å². The third kappa shape index (κ3) is 4.86. The maximum atomic E-state index is 8.72. The molecule has 0 N–H and O–H groups in total. The van der Waals surface area contributed by atoms with Gasteiger partial charge in [0.1, 0.15) is 5.75 Å². The van der Waals surface area contributed by atoms with E-state index in [0.717, 1.165) is 31.2 Å². The van der Waals surface area contributed by atoms with E-state index in [1.165, 1.54) is 32.2 Å². The third-order valence-electron chi connectivity index (χ3n) is 3.98. The summed E-state index contributed by atoms with van der Waals surface area (Å²) in [4.78, 5) is 2.43. The monoisotopic (exact) mass is 272 g/mol. The van der Waals surface area contributed by atoms with E-state index in [1.807, 2.05) is 12.1 Å². The van der Waals surface area contributed by atoms with Crippen molar-refractivity contribution in [2.24, 2.45) is 5.92 Å². The molecule has 3 heteroatoms. The first kappa shape index (κ1) is 14.9. The summed E-state index contributed by atoms with van der Waals surface area (Å²) in [5.41, 5.74) is 0.675. The molecule has 0 spiro atoms. The number of hydrogen-bond donors (Lipinski definition) is 0. The van der Waals surface area contributed by atoms with Gasteiger partial charge in [-0.2, -0.15) is 5.26 Å². The number of benzene rings is 1. The molecule has 0 heterocycles. The second-order valence-corrected chi connectivity index (χ2v) is 5.75. The third-order valence-corrected chi connectivity index (χ3v) is 3.98. The normalized spacial score (nSPS) is 15.4. The fourth-order valence-electron chi connectivity index (χ4n) is 2.88. The largest absolute Gasteiger partial charge is 0.494 e. The fourth-order valence-corrected chi connectivity index (χ4v) is 2.88. The Labute approximate surface area is 122 Å². The Kier molecular flexibility index (Phi) is 5.88. The van der Waals surface area contributed by atoms with Crippen LogP contribution in [0.3, 0.4) is 0 Å². The molecule has 0 aromatic heterocycles. The van der Waals surface area contributed by atoms with Crippen molar-refractivity contribution in [1.82, 2.24) is 4.90 Å². The van der Waals surface area contributed by atoms with Crippen molar-refractivity contribution in [1.29, 1.82) is 5.26 Å². The summed E-state index contributed by atoms with van der Waals surface area (Å²) in [7, 11) is 2.21. The van der Waals surface area contributed by atoms with Gasteiger partial charge in [0.25, 0.3) is 0 Å². The molecule has 1 aromatic rings. The van der Waals surface area contributed by atoms with E-state index >= 15 is 0 Å². The van der Waals surface area contributed by atoms with E-state index in [1.54, 1.807) is 12.1 Å². The van der Waals surface area contributed by atoms with Crippen molar-refractivity contribution < 1.29 is 4.74 Å². The van der Waals surface area contributed by atoms with Crippen molar-refractivity contribution in [2.45, 2.75) is 32.1 Å². The first-order valence-electron chi connectivity index (χ1n) is 7.59. The van der Waals surface area contributed by atoms with Gasteiger partial charge in [0.2, 0.25) is 0 Å². The average molecular weight is 272 g/mol. The lowest BCUT2D eigenvalue weighted by Gasteiger charge is -2.20. The lowest BCUT2D eigenvalue weighted by Crippen LogP contribution is -2.26. The predicted octanol–water partition coefficient (Wildman–Crippen LogP) is 3.45. The van der Waals surface area contributed by atoms with Crippen LogP contribution in [0.5, 0.6) is 5.75 Å². The number of nitriles is 1. The Morgan fingerprint density at radius 2 is 1.95 bits per heavy atom. The van der Waals surface area contributed by atoms with Gasteiger partial charge in [0, 0.05) is 13.1 Å². The van der Waals surface area contributed by atoms with E-state index in [9.17, 15) is 0 Å². The molecule has 108 valence electrons. The van der Waals surface area contributed by atoms with Crippen molar-refractivity contribution >= 4 is 0 Å². The topological polar surface area (TPSA) is 36.3 Å². The average Bonchev–Trinajstić information content (AvgIpc) is 2.97. The Balaban J connectivity index is 1.59. The van der Waals surface area contributed by atoms with Crippen LogP contribution in [-0.4, -0.2) is 31.6 Å². The Hall–Kier alpha value is -1.53. The van der Waals surface area contributed by atoms with E-state index in [2.05, 4.69) is 18.0 Å². The number of ether oxygens (including phenoxy) is 1. The summed E-state index contributed by atoms with van der Waals surface area (Å²) in [6, 6.07) is 9.42. The van der Waals surface area contributed by atoms with Crippen molar-refractivity contribution in [3.05, 3.63) is 29.8 Å². The van der Waals surface area contributed by atoms with Gasteiger partial charge in [-0.15, -0.1) is 0 Å². The van der Waals surface area contributed by atoms with Crippen molar-refractivity contribution in [3.63, 3.8) is 0 Å². The van der Waals surface area contributed by atoms with Gasteiger partial charge in [-0.1, -0.05) is 12.8 Å². The molecular formula is C17H24N2O. The van der Waals surface area contributed by atoms with Crippen LogP contribution in [0, 0.1) is 17.2 Å². The molecule has 0 radical (unpaired) electrons. The highest BCUT2D eigenvalue weighted by atomic mass is 16.5. The molecule has 0 bridgehead atoms. The zero-order valence-electron chi connectivity index (χ0n) is 12.3. The first-order chi connectivity index (χ1) is 9.78. The van der Waals surface area contributed by atoms with E-state index in [4.69, 9.17) is 10.00 Å². The number of nitrogens with zero attached hydrogens (tertiary/aromatic N) is 2. The highest BCUT2D eigenvalue weighted by Gasteiger charge is 2.16. The lowest BCUT2D eigenvalue weighted by molar-refractivity contribution is 0.239. The van der Waals surface area contributed by atoms with Gasteiger partial charge >= 0.3 is 0 Å². The predicted molar refractivity (Wildman–Crippen MR) is 80.7 cm³/mol. The first-order valence-corrected chi connectivity index (χ1v) is 7.59. The zero-order valence-corrected chi connectivity index (χ0v) is 12.3. The summed E-state index contributed by atoms with van der Waals surface area (Å²) >= 11 is 0. The van der Waals surface area contributed by atoms with Crippen LogP contribution < -0.4 is 4.74 Å². The number of rotatable bonds is 7. The van der Waals surface area contributed by atoms with Crippen LogP contribution in [0.1, 0.15) is 37.7 Å². The molecule has 1 saturated carbocycles. The van der Waals surface area contributed by atoms with Crippen LogP contribution in [0.15, 0.2) is 24.3 Å². The van der Waals surface area contributed by atoms with E-state index in [-0.39, 0.29) is 0 Å². The minimum absolute atomic E-state index is 0.675. The van der Waals surface area contributed by atoms with Crippen LogP contribution in [0.4, 0.5) is 0 Å². The van der Waals surface area contributed by atoms with Gasteiger partial charge in [0.05, 0.1) is 18.2 Å². The number of hydrogen-bond acceptors (Lipinski definition) is 3. The molecule has 1 aromatic carbocycles. The molecule has 0 aliphatic heterocycles. The zero-order chi connectivity index (χ0) is 14.2. The molecule has 1 fully saturated rings. The van der Waals surface area contributed by atoms with Crippen LogP contribution >= 0.6 is 0 Å². The van der Waals surface area contributed by atoms with Gasteiger partial charge in [-0.05, 0) is 56.5 Å². The molecule has 0 atom stereocenters. The van der Waals surface area contributed by atoms with E-state index in [0.29, 0.717) is 5.56 Å². The molecule has 2 rings (SSSR count). The summed E-state index contributed by atoms with van der Waals surface area (Å²) in [6.45, 7) is 3.06. The van der Waals surface area contributed by atoms with Crippen LogP contribution in [0.2, 0.25) is 0 Å². The SMILES string of the molecule is CN(CCCOc1ccc(C#N)cc1)CC1CCCC1. The van der Waals surface area contributed by atoms with Crippen LogP contribution in [0.25, 0.3) is 0 Å². The highest BCUT2D eigenvalue weighted by Crippen LogP contribution is 2.25. The quantitative estimate of drug-likeness (QED) is 0.713. The molecular weight excluding hydrogens is 248 g/mol. The van der Waals surface area contributed by atoms with Gasteiger partial charge < -0.3 is 9.64 Å². The Bertz CT molecular complexity index is 429. The lowest BCUT2D eigenvalue weighted by atomic mass is 10.1. The van der Waals surface area contributed by atoms with Gasteiger partial charge in [-0.25, -0.2) is 0 Å². The molecule has 0 saturated heterocycles. The summed E-state index contributed by atoms with van der Waals surface area (Å²) < 4.78 is 5.69. The maximum Gasteiger partial charge on any atom is 0.119 e. The molecule has 20 heavy (non-hydrogen) atoms. The molecule has 1 aliphatic rings. The Morgan fingerprint density at radius 3 is 2.60 bits per heavy atom. The second-order valence-electron chi connectivity index (χ2n) is 5.75. The summed E-state index contributed by atoms with van der Waals surface area (Å²) in [5.74, 6) is 1.77. The van der Waals surface area contributed by atoms with Gasteiger partial charge in [-0.3, -0.25) is 0 Å². The highest BCUT2D eigenvalue weighted by molar-refractivity contribution is 5.34. The fraction of sp³-hybridized carbons (Fsp3) is 0.588. The maximum absolute atomic E-state index is 8.72. The smallest absolute Gasteiger partial charge is 0.119 e. The minimum atomic E-state index is 0.675.